The molecule has 2 N–H and O–H groups in total. The molecule has 8 nitrogen and oxygen atoms in total. The fourth-order valence-corrected chi connectivity index (χ4v) is 3.99. The van der Waals surface area contributed by atoms with Crippen LogP contribution in [0.1, 0.15) is 6.92 Å². The minimum absolute atomic E-state index is 0.0792. The molecule has 0 bridgehead atoms. The van der Waals surface area contributed by atoms with Crippen molar-refractivity contribution in [3.63, 3.8) is 0 Å². The third kappa shape index (κ3) is 4.80. The van der Waals surface area contributed by atoms with Gasteiger partial charge in [-0.2, -0.15) is 5.10 Å². The first kappa shape index (κ1) is 21.1. The zero-order valence-corrected chi connectivity index (χ0v) is 18.9. The summed E-state index contributed by atoms with van der Waals surface area (Å²) >= 11 is 4.57. The molecule has 158 valence electrons. The van der Waals surface area contributed by atoms with Crippen LogP contribution in [0.2, 0.25) is 0 Å². The van der Waals surface area contributed by atoms with Gasteiger partial charge < -0.3 is 10.1 Å². The number of aromatic amines is 1. The number of nitrogens with one attached hydrogen (secondary N) is 2. The summed E-state index contributed by atoms with van der Waals surface area (Å²) in [5.74, 6) is 0.608. The predicted molar refractivity (Wildman–Crippen MR) is 124 cm³/mol. The van der Waals surface area contributed by atoms with Gasteiger partial charge in [-0.3, -0.25) is 19.3 Å². The number of nitrogens with zero attached hydrogens (tertiary/aromatic N) is 3. The lowest BCUT2D eigenvalue weighted by molar-refractivity contribution is -0.113. The molecular formula is C21H18BrN5O3S. The van der Waals surface area contributed by atoms with Crippen molar-refractivity contribution < 1.29 is 9.53 Å². The zero-order chi connectivity index (χ0) is 21.8. The van der Waals surface area contributed by atoms with Gasteiger partial charge in [0.25, 0.3) is 5.56 Å². The summed E-state index contributed by atoms with van der Waals surface area (Å²) in [4.78, 5) is 30.0. The molecule has 2 aromatic heterocycles. The van der Waals surface area contributed by atoms with Crippen LogP contribution >= 0.6 is 27.7 Å². The molecule has 0 saturated carbocycles. The van der Waals surface area contributed by atoms with E-state index in [1.165, 1.54) is 22.5 Å². The van der Waals surface area contributed by atoms with E-state index in [4.69, 9.17) is 4.74 Å². The van der Waals surface area contributed by atoms with Gasteiger partial charge in [0.05, 0.1) is 24.2 Å². The van der Waals surface area contributed by atoms with Gasteiger partial charge >= 0.3 is 0 Å². The first-order valence-corrected chi connectivity index (χ1v) is 11.2. The fourth-order valence-electron chi connectivity index (χ4n) is 2.92. The van der Waals surface area contributed by atoms with Crippen LogP contribution in [0.5, 0.6) is 5.75 Å². The Kier molecular flexibility index (Phi) is 6.38. The molecule has 4 rings (SSSR count). The maximum Gasteiger partial charge on any atom is 0.269 e. The van der Waals surface area contributed by atoms with Gasteiger partial charge in [-0.1, -0.05) is 27.7 Å². The maximum atomic E-state index is 13.0. The van der Waals surface area contributed by atoms with Gasteiger partial charge in [-0.15, -0.1) is 0 Å². The van der Waals surface area contributed by atoms with Crippen LogP contribution in [0.15, 0.2) is 69.2 Å². The minimum atomic E-state index is -0.254. The van der Waals surface area contributed by atoms with Gasteiger partial charge in [0.1, 0.15) is 11.1 Å². The molecule has 0 aliphatic carbocycles. The van der Waals surface area contributed by atoms with Crippen molar-refractivity contribution in [3.05, 3.63) is 69.6 Å². The Morgan fingerprint density at radius 2 is 1.94 bits per heavy atom. The van der Waals surface area contributed by atoms with E-state index in [-0.39, 0.29) is 17.2 Å². The number of halogens is 1. The smallest absolute Gasteiger partial charge is 0.269 e. The van der Waals surface area contributed by atoms with E-state index in [2.05, 4.69) is 36.4 Å². The maximum absolute atomic E-state index is 13.0. The number of thioether (sulfide) groups is 1. The predicted octanol–water partition coefficient (Wildman–Crippen LogP) is 4.00. The number of ether oxygens (including phenoxy) is 1. The van der Waals surface area contributed by atoms with Gasteiger partial charge in [0.15, 0.2) is 10.8 Å². The average Bonchev–Trinajstić information content (AvgIpc) is 3.24. The fraction of sp³-hybridized carbons (Fsp3) is 0.143. The van der Waals surface area contributed by atoms with E-state index in [0.29, 0.717) is 34.2 Å². The summed E-state index contributed by atoms with van der Waals surface area (Å²) in [5.41, 5.74) is 1.44. The highest BCUT2D eigenvalue weighted by molar-refractivity contribution is 9.10. The van der Waals surface area contributed by atoms with Crippen LogP contribution in [0.4, 0.5) is 5.69 Å². The van der Waals surface area contributed by atoms with Crippen molar-refractivity contribution in [1.82, 2.24) is 19.7 Å². The minimum Gasteiger partial charge on any atom is -0.494 e. The van der Waals surface area contributed by atoms with Crippen molar-refractivity contribution in [2.24, 2.45) is 0 Å². The molecule has 31 heavy (non-hydrogen) atoms. The molecule has 2 aromatic carbocycles. The van der Waals surface area contributed by atoms with Gasteiger partial charge in [-0.05, 0) is 55.5 Å². The lowest BCUT2D eigenvalue weighted by Crippen LogP contribution is -2.22. The Labute approximate surface area is 190 Å². The molecule has 0 radical (unpaired) electrons. The Balaban J connectivity index is 1.56. The van der Waals surface area contributed by atoms with E-state index in [0.717, 1.165) is 10.2 Å². The summed E-state index contributed by atoms with van der Waals surface area (Å²) in [6, 6.07) is 14.5. The third-order valence-corrected chi connectivity index (χ3v) is 5.78. The Morgan fingerprint density at radius 1 is 1.19 bits per heavy atom. The van der Waals surface area contributed by atoms with Crippen molar-refractivity contribution in [3.8, 4) is 11.4 Å². The first-order valence-electron chi connectivity index (χ1n) is 9.42. The molecule has 0 aliphatic heterocycles. The second-order valence-corrected chi connectivity index (χ2v) is 8.30. The van der Waals surface area contributed by atoms with E-state index in [1.807, 2.05) is 31.2 Å². The number of amides is 1. The monoisotopic (exact) mass is 499 g/mol. The molecule has 10 heteroatoms. The number of hydrogen-bond donors (Lipinski definition) is 2. The van der Waals surface area contributed by atoms with Crippen LogP contribution in [-0.4, -0.2) is 38.0 Å². The lowest BCUT2D eigenvalue weighted by atomic mass is 10.3. The second kappa shape index (κ2) is 9.36. The molecule has 4 aromatic rings. The quantitative estimate of drug-likeness (QED) is 0.294. The Hall–Kier alpha value is -3.11. The van der Waals surface area contributed by atoms with E-state index < -0.39 is 0 Å². The number of carbonyl (C=O) groups excluding carboxylic acids is 1. The second-order valence-electron chi connectivity index (χ2n) is 6.44. The van der Waals surface area contributed by atoms with E-state index in [9.17, 15) is 9.59 Å². The van der Waals surface area contributed by atoms with E-state index >= 15 is 0 Å². The highest BCUT2D eigenvalue weighted by atomic mass is 79.9. The van der Waals surface area contributed by atoms with Crippen molar-refractivity contribution in [2.45, 2.75) is 12.1 Å². The summed E-state index contributed by atoms with van der Waals surface area (Å²) in [7, 11) is 0. The third-order valence-electron chi connectivity index (χ3n) is 4.32. The van der Waals surface area contributed by atoms with Crippen LogP contribution in [-0.2, 0) is 4.79 Å². The molecule has 0 spiro atoms. The SMILES string of the molecule is CCOc1ccc(NC(=O)CSc2nc3[nH]ncc3c(=O)n2-c2ccc(Br)cc2)cc1. The van der Waals surface area contributed by atoms with Gasteiger partial charge in [-0.25, -0.2) is 4.98 Å². The Bertz CT molecular complexity index is 1270. The summed E-state index contributed by atoms with van der Waals surface area (Å²) in [6.45, 7) is 2.49. The van der Waals surface area contributed by atoms with Crippen LogP contribution in [0.25, 0.3) is 16.7 Å². The molecular weight excluding hydrogens is 482 g/mol. The molecule has 0 aliphatic rings. The van der Waals surface area contributed by atoms with E-state index in [1.54, 1.807) is 24.3 Å². The largest absolute Gasteiger partial charge is 0.494 e. The van der Waals surface area contributed by atoms with Gasteiger partial charge in [0, 0.05) is 10.2 Å². The molecule has 1 amide bonds. The number of aromatic nitrogens is 4. The molecule has 0 saturated heterocycles. The van der Waals surface area contributed by atoms with Gasteiger partial charge in [0.2, 0.25) is 5.91 Å². The molecule has 0 unspecified atom stereocenters. The number of rotatable bonds is 7. The molecule has 2 heterocycles. The highest BCUT2D eigenvalue weighted by Gasteiger charge is 2.16. The summed E-state index contributed by atoms with van der Waals surface area (Å²) < 4.78 is 7.78. The Morgan fingerprint density at radius 3 is 2.65 bits per heavy atom. The van der Waals surface area contributed by atoms with Crippen molar-refractivity contribution in [2.75, 3.05) is 17.7 Å². The van der Waals surface area contributed by atoms with Crippen molar-refractivity contribution in [1.29, 1.82) is 0 Å². The molecule has 0 atom stereocenters. The number of H-pyrrole nitrogens is 1. The van der Waals surface area contributed by atoms with Crippen LogP contribution in [0, 0.1) is 0 Å². The summed E-state index contributed by atoms with van der Waals surface area (Å²) in [6.07, 6.45) is 1.45. The standard InChI is InChI=1S/C21H18BrN5O3S/c1-2-30-16-9-5-14(6-10-16)24-18(28)12-31-21-25-19-17(11-23-26-19)20(29)27(21)15-7-3-13(22)4-8-15/h3-11H,2,12H2,1H3,(H,23,26)(H,24,28). The summed E-state index contributed by atoms with van der Waals surface area (Å²) in [5, 5.41) is 10.3. The first-order chi connectivity index (χ1) is 15.0. The number of anilines is 1. The average molecular weight is 500 g/mol. The normalized spacial score (nSPS) is 10.9. The highest BCUT2D eigenvalue weighted by Crippen LogP contribution is 2.22. The topological polar surface area (TPSA) is 102 Å². The van der Waals surface area contributed by atoms with Crippen molar-refractivity contribution >= 4 is 50.3 Å². The van der Waals surface area contributed by atoms with Crippen LogP contribution < -0.4 is 15.6 Å². The number of fused-ring (bicyclic) bond motifs is 1. The number of carbonyl (C=O) groups is 1. The van der Waals surface area contributed by atoms with Crippen LogP contribution in [0.3, 0.4) is 0 Å². The zero-order valence-electron chi connectivity index (χ0n) is 16.5. The lowest BCUT2D eigenvalue weighted by Gasteiger charge is -2.12. The molecule has 0 fully saturated rings. The number of hydrogen-bond acceptors (Lipinski definition) is 6. The number of benzene rings is 2.